The third kappa shape index (κ3) is 3.07. The van der Waals surface area contributed by atoms with Crippen molar-refractivity contribution in [3.05, 3.63) is 40.0 Å². The Kier molecular flexibility index (Phi) is 4.71. The fourth-order valence-corrected chi connectivity index (χ4v) is 6.52. The summed E-state index contributed by atoms with van der Waals surface area (Å²) in [5.41, 5.74) is 4.07. The molecule has 0 saturated heterocycles. The molecular weight excluding hydrogens is 368 g/mol. The van der Waals surface area contributed by atoms with Crippen molar-refractivity contribution in [1.82, 2.24) is 19.7 Å². The van der Waals surface area contributed by atoms with E-state index in [1.165, 1.54) is 46.0 Å². The van der Waals surface area contributed by atoms with E-state index < -0.39 is 0 Å². The van der Waals surface area contributed by atoms with Crippen molar-refractivity contribution >= 4 is 17.4 Å². The first-order valence-corrected chi connectivity index (χ1v) is 11.5. The molecule has 1 N–H and O–H groups in total. The van der Waals surface area contributed by atoms with E-state index in [2.05, 4.69) is 52.0 Å². The maximum absolute atomic E-state index is 13.3. The Morgan fingerprint density at radius 2 is 2.00 bits per heavy atom. The predicted molar refractivity (Wildman–Crippen MR) is 113 cm³/mol. The van der Waals surface area contributed by atoms with Crippen LogP contribution in [0, 0.1) is 0 Å². The Hall–Kier alpha value is -1.79. The molecule has 0 aromatic carbocycles. The Morgan fingerprint density at radius 3 is 2.82 bits per heavy atom. The van der Waals surface area contributed by atoms with Gasteiger partial charge in [-0.3, -0.25) is 0 Å². The number of hydrogen-bond acceptors (Lipinski definition) is 3. The standard InChI is InChI=1S/C22H30N4OS/c1-15-19-9-6-11-25(19)21-18(17-10-12-24(2)14-20(17)28-21)13-26(15)22(27)23-16-7-4-3-5-8-16/h6,9,11,15-16H,3-5,7-8,10,12-14H2,1-2H3,(H,23,27)/t15-/m1/s1. The smallest absolute Gasteiger partial charge is 0.318 e. The van der Waals surface area contributed by atoms with Crippen LogP contribution >= 0.6 is 11.3 Å². The topological polar surface area (TPSA) is 40.5 Å². The number of amides is 2. The zero-order valence-corrected chi connectivity index (χ0v) is 17.7. The van der Waals surface area contributed by atoms with Gasteiger partial charge in [0.05, 0.1) is 12.6 Å². The molecule has 4 heterocycles. The van der Waals surface area contributed by atoms with Crippen molar-refractivity contribution in [2.75, 3.05) is 13.6 Å². The summed E-state index contributed by atoms with van der Waals surface area (Å²) in [5, 5.41) is 4.67. The highest BCUT2D eigenvalue weighted by Crippen LogP contribution is 2.41. The molecule has 3 aliphatic rings. The zero-order chi connectivity index (χ0) is 19.3. The van der Waals surface area contributed by atoms with Gasteiger partial charge < -0.3 is 19.7 Å². The molecule has 2 aliphatic heterocycles. The van der Waals surface area contributed by atoms with E-state index in [9.17, 15) is 4.79 Å². The maximum atomic E-state index is 13.3. The van der Waals surface area contributed by atoms with Gasteiger partial charge in [-0.05, 0) is 50.9 Å². The number of fused-ring (bicyclic) bond motifs is 5. The van der Waals surface area contributed by atoms with Crippen molar-refractivity contribution in [1.29, 1.82) is 0 Å². The van der Waals surface area contributed by atoms with Gasteiger partial charge in [0.15, 0.2) is 0 Å². The van der Waals surface area contributed by atoms with Crippen molar-refractivity contribution in [2.45, 2.75) is 70.6 Å². The van der Waals surface area contributed by atoms with Gasteiger partial charge in [-0.15, -0.1) is 11.3 Å². The normalized spacial score (nSPS) is 22.9. The lowest BCUT2D eigenvalue weighted by atomic mass is 9.95. The van der Waals surface area contributed by atoms with Crippen LogP contribution in [0.4, 0.5) is 4.79 Å². The van der Waals surface area contributed by atoms with Gasteiger partial charge in [0, 0.05) is 41.5 Å². The molecule has 1 aliphatic carbocycles. The number of hydrogen-bond donors (Lipinski definition) is 1. The van der Waals surface area contributed by atoms with Gasteiger partial charge >= 0.3 is 6.03 Å². The molecule has 0 radical (unpaired) electrons. The lowest BCUT2D eigenvalue weighted by Crippen LogP contribution is -2.46. The Bertz CT molecular complexity index is 879. The molecule has 1 saturated carbocycles. The highest BCUT2D eigenvalue weighted by Gasteiger charge is 2.34. The van der Waals surface area contributed by atoms with Crippen molar-refractivity contribution in [2.24, 2.45) is 0 Å². The fourth-order valence-electron chi connectivity index (χ4n) is 5.08. The first-order chi connectivity index (χ1) is 13.6. The lowest BCUT2D eigenvalue weighted by Gasteiger charge is -2.32. The highest BCUT2D eigenvalue weighted by atomic mass is 32.1. The molecule has 28 heavy (non-hydrogen) atoms. The molecule has 150 valence electrons. The SMILES string of the molecule is C[C@@H]1c2cccn2-c2sc3c(c2CN1C(=O)NC1CCCCC1)CCN(C)C3. The number of urea groups is 1. The average Bonchev–Trinajstić information content (AvgIpc) is 3.28. The van der Waals surface area contributed by atoms with Crippen LogP contribution in [-0.2, 0) is 19.5 Å². The third-order valence-corrected chi connectivity index (χ3v) is 8.01. The number of thiophene rings is 1. The van der Waals surface area contributed by atoms with Crippen LogP contribution in [-0.4, -0.2) is 40.0 Å². The molecule has 0 spiro atoms. The molecule has 0 unspecified atom stereocenters. The molecule has 1 atom stereocenters. The quantitative estimate of drug-likeness (QED) is 0.771. The van der Waals surface area contributed by atoms with Crippen molar-refractivity contribution in [3.8, 4) is 5.00 Å². The fraction of sp³-hybridized carbons (Fsp3) is 0.591. The van der Waals surface area contributed by atoms with E-state index in [-0.39, 0.29) is 12.1 Å². The van der Waals surface area contributed by atoms with Gasteiger partial charge in [0.1, 0.15) is 5.00 Å². The summed E-state index contributed by atoms with van der Waals surface area (Å²) < 4.78 is 2.33. The molecule has 5 nitrogen and oxygen atoms in total. The molecule has 1 fully saturated rings. The second kappa shape index (κ2) is 7.23. The Balaban J connectivity index is 1.50. The number of nitrogens with one attached hydrogen (secondary N) is 1. The minimum absolute atomic E-state index is 0.0695. The monoisotopic (exact) mass is 398 g/mol. The minimum atomic E-state index is 0.0695. The van der Waals surface area contributed by atoms with E-state index in [0.717, 1.165) is 32.4 Å². The summed E-state index contributed by atoms with van der Waals surface area (Å²) in [6.07, 6.45) is 9.27. The second-order valence-electron chi connectivity index (χ2n) is 8.67. The number of aromatic nitrogens is 1. The van der Waals surface area contributed by atoms with Crippen LogP contribution in [0.3, 0.4) is 0 Å². The Labute approximate surface area is 171 Å². The predicted octanol–water partition coefficient (Wildman–Crippen LogP) is 4.45. The van der Waals surface area contributed by atoms with E-state index in [1.807, 2.05) is 11.3 Å². The first kappa shape index (κ1) is 18.3. The average molecular weight is 399 g/mol. The van der Waals surface area contributed by atoms with Gasteiger partial charge in [-0.1, -0.05) is 19.3 Å². The number of likely N-dealkylation sites (N-methyl/N-ethyl adjacent to an activating group) is 1. The number of rotatable bonds is 1. The van der Waals surface area contributed by atoms with Crippen LogP contribution in [0.2, 0.25) is 0 Å². The summed E-state index contributed by atoms with van der Waals surface area (Å²) in [4.78, 5) is 19.2. The van der Waals surface area contributed by atoms with E-state index in [1.54, 1.807) is 0 Å². The van der Waals surface area contributed by atoms with E-state index in [4.69, 9.17) is 0 Å². The molecule has 0 bridgehead atoms. The summed E-state index contributed by atoms with van der Waals surface area (Å²) in [6.45, 7) is 5.00. The van der Waals surface area contributed by atoms with Gasteiger partial charge in [0.25, 0.3) is 0 Å². The van der Waals surface area contributed by atoms with Crippen LogP contribution in [0.5, 0.6) is 0 Å². The van der Waals surface area contributed by atoms with Crippen molar-refractivity contribution < 1.29 is 4.79 Å². The summed E-state index contributed by atoms with van der Waals surface area (Å²) in [7, 11) is 2.20. The second-order valence-corrected chi connectivity index (χ2v) is 9.75. The molecule has 2 amide bonds. The highest BCUT2D eigenvalue weighted by molar-refractivity contribution is 7.15. The molecule has 2 aromatic heterocycles. The zero-order valence-electron chi connectivity index (χ0n) is 16.9. The number of carbonyl (C=O) groups excluding carboxylic acids is 1. The molecule has 6 heteroatoms. The van der Waals surface area contributed by atoms with Crippen molar-refractivity contribution in [3.63, 3.8) is 0 Å². The van der Waals surface area contributed by atoms with Crippen LogP contribution in [0.15, 0.2) is 18.3 Å². The third-order valence-electron chi connectivity index (χ3n) is 6.75. The maximum Gasteiger partial charge on any atom is 0.318 e. The lowest BCUT2D eigenvalue weighted by molar-refractivity contribution is 0.168. The Morgan fingerprint density at radius 1 is 1.18 bits per heavy atom. The molecule has 5 rings (SSSR count). The number of nitrogens with zero attached hydrogens (tertiary/aromatic N) is 3. The molecular formula is C22H30N4OS. The first-order valence-electron chi connectivity index (χ1n) is 10.7. The van der Waals surface area contributed by atoms with E-state index >= 15 is 0 Å². The van der Waals surface area contributed by atoms with Gasteiger partial charge in [0.2, 0.25) is 0 Å². The van der Waals surface area contributed by atoms with Crippen LogP contribution < -0.4 is 5.32 Å². The van der Waals surface area contributed by atoms with Gasteiger partial charge in [-0.2, -0.15) is 0 Å². The minimum Gasteiger partial charge on any atom is -0.335 e. The largest absolute Gasteiger partial charge is 0.335 e. The number of carbonyl (C=O) groups is 1. The summed E-state index contributed by atoms with van der Waals surface area (Å²) in [5.74, 6) is 0. The van der Waals surface area contributed by atoms with E-state index in [0.29, 0.717) is 12.6 Å². The summed E-state index contributed by atoms with van der Waals surface area (Å²) in [6, 6.07) is 4.80. The van der Waals surface area contributed by atoms with Gasteiger partial charge in [-0.25, -0.2) is 4.79 Å². The summed E-state index contributed by atoms with van der Waals surface area (Å²) >= 11 is 1.92. The van der Waals surface area contributed by atoms with Crippen LogP contribution in [0.1, 0.15) is 66.8 Å². The van der Waals surface area contributed by atoms with Crippen LogP contribution in [0.25, 0.3) is 5.00 Å². The molecule has 2 aromatic rings.